The molecule has 2 N–H and O–H groups in total. The Bertz CT molecular complexity index is 2040. The van der Waals surface area contributed by atoms with Crippen molar-refractivity contribution in [2.24, 2.45) is 0 Å². The van der Waals surface area contributed by atoms with Gasteiger partial charge in [0.05, 0.1) is 4.92 Å². The number of nitro groups is 1. The molecule has 0 aliphatic carbocycles. The number of benzene rings is 5. The number of anilines is 2. The summed E-state index contributed by atoms with van der Waals surface area (Å²) >= 11 is 8.95. The predicted molar refractivity (Wildman–Crippen MR) is 230 cm³/mol. The van der Waals surface area contributed by atoms with Gasteiger partial charge < -0.3 is 15.1 Å². The normalized spacial score (nSPS) is 13.8. The van der Waals surface area contributed by atoms with Crippen LogP contribution < -0.4 is 14.9 Å². The van der Waals surface area contributed by atoms with Crippen molar-refractivity contribution < 1.29 is 9.72 Å². The molecular weight excluding hydrogens is 748 g/mol. The van der Waals surface area contributed by atoms with Crippen molar-refractivity contribution in [2.75, 3.05) is 62.8 Å². The zero-order valence-electron chi connectivity index (χ0n) is 31.4. The Morgan fingerprint density at radius 3 is 2.31 bits per heavy atom. The van der Waals surface area contributed by atoms with Crippen LogP contribution in [0.5, 0.6) is 0 Å². The fourth-order valence-corrected chi connectivity index (χ4v) is 8.30. The van der Waals surface area contributed by atoms with Crippen LogP contribution in [0.1, 0.15) is 27.9 Å². The van der Waals surface area contributed by atoms with Gasteiger partial charge in [-0.05, 0) is 123 Å². The highest BCUT2D eigenvalue weighted by atomic mass is 35.5. The van der Waals surface area contributed by atoms with Gasteiger partial charge in [0.25, 0.3) is 11.6 Å². The largest absolute Gasteiger partial charge is 0.376 e. The number of piperazine rings is 1. The van der Waals surface area contributed by atoms with Crippen molar-refractivity contribution in [1.82, 2.24) is 14.5 Å². The molecule has 1 fully saturated rings. The second-order valence-corrected chi connectivity index (χ2v) is 16.4. The summed E-state index contributed by atoms with van der Waals surface area (Å²) in [6.07, 6.45) is 0.826. The first-order valence-electron chi connectivity index (χ1n) is 18.4. The van der Waals surface area contributed by atoms with Crippen LogP contribution >= 0.6 is 35.3 Å². The van der Waals surface area contributed by atoms with Crippen LogP contribution in [0.2, 0.25) is 5.02 Å². The lowest BCUT2D eigenvalue weighted by molar-refractivity contribution is -0.384. The molecule has 1 saturated heterocycles. The van der Waals surface area contributed by atoms with Gasteiger partial charge in [0.2, 0.25) is 0 Å². The average molecular weight is 795 g/mol. The Balaban J connectivity index is 1.02. The molecule has 0 radical (unpaired) electrons. The summed E-state index contributed by atoms with van der Waals surface area (Å²) in [4.78, 5) is 33.6. The van der Waals surface area contributed by atoms with Crippen LogP contribution in [0.25, 0.3) is 11.1 Å². The Hall–Kier alpha value is -4.52. The average Bonchev–Trinajstić information content (AvgIpc) is 3.19. The summed E-state index contributed by atoms with van der Waals surface area (Å²) < 4.78 is 2.86. The smallest absolute Gasteiger partial charge is 0.293 e. The van der Waals surface area contributed by atoms with Gasteiger partial charge in [-0.3, -0.25) is 24.5 Å². The first-order valence-corrected chi connectivity index (χ1v) is 20.6. The molecule has 1 aliphatic rings. The SMILES string of the molecule is Cc1ccc(-c2ccc(Cl)cc2)c(CN2CCN(c3ccc(C(=O)NSc4ccc(NC(CCN(C)C)CSc5ccccc5)c([N+](=O)[O-])c4)cc3)CC2)c1. The topological polar surface area (TPSA) is 94.0 Å². The Labute approximate surface area is 337 Å². The molecule has 1 heterocycles. The number of nitrogens with zero attached hydrogens (tertiary/aromatic N) is 4. The Kier molecular flexibility index (Phi) is 14.1. The van der Waals surface area contributed by atoms with E-state index in [1.807, 2.05) is 68.7 Å². The number of nitrogens with one attached hydrogen (secondary N) is 2. The van der Waals surface area contributed by atoms with E-state index in [9.17, 15) is 14.9 Å². The summed E-state index contributed by atoms with van der Waals surface area (Å²) in [7, 11) is 4.04. The van der Waals surface area contributed by atoms with Crippen molar-refractivity contribution in [3.63, 3.8) is 0 Å². The third-order valence-corrected chi connectivity index (χ3v) is 11.8. The number of amides is 1. The number of nitro benzene ring substituents is 1. The van der Waals surface area contributed by atoms with E-state index in [2.05, 4.69) is 74.1 Å². The molecule has 12 heteroatoms. The van der Waals surface area contributed by atoms with Crippen LogP contribution in [-0.4, -0.2) is 79.2 Å². The van der Waals surface area contributed by atoms with E-state index in [1.54, 1.807) is 23.9 Å². The first-order chi connectivity index (χ1) is 26.6. The number of hydrogen-bond acceptors (Lipinski definition) is 9. The van der Waals surface area contributed by atoms with Crippen LogP contribution in [0.15, 0.2) is 125 Å². The molecule has 1 aliphatic heterocycles. The maximum absolute atomic E-state index is 13.1. The quantitative estimate of drug-likeness (QED) is 0.0439. The molecule has 1 atom stereocenters. The van der Waals surface area contributed by atoms with E-state index in [-0.39, 0.29) is 22.6 Å². The van der Waals surface area contributed by atoms with E-state index < -0.39 is 0 Å². The molecule has 1 amide bonds. The molecule has 0 spiro atoms. The standard InChI is InChI=1S/C43H47ClN6O3S2/c1-31-9-19-40(32-10-14-35(44)15-11-32)34(27-31)29-48-23-25-49(26-24-48)37-16-12-33(13-17-37)43(51)46-55-39-18-20-41(42(28-39)50(52)53)45-36(21-22-47(2)3)30-54-38-7-5-4-6-8-38/h4-20,27-28,36,45H,21-26,29-30H2,1-3H3,(H,46,51). The van der Waals surface area contributed by atoms with Gasteiger partial charge in [-0.1, -0.05) is 65.7 Å². The van der Waals surface area contributed by atoms with Crippen LogP contribution in [-0.2, 0) is 6.54 Å². The third kappa shape index (κ3) is 11.5. The molecule has 0 saturated carbocycles. The minimum absolute atomic E-state index is 0.0175. The fraction of sp³-hybridized carbons (Fsp3) is 0.279. The lowest BCUT2D eigenvalue weighted by atomic mass is 9.97. The van der Waals surface area contributed by atoms with E-state index in [1.165, 1.54) is 28.3 Å². The number of aryl methyl sites for hydroxylation is 1. The molecule has 6 rings (SSSR count). The second kappa shape index (κ2) is 19.4. The summed E-state index contributed by atoms with van der Waals surface area (Å²) in [5.74, 6) is 0.500. The van der Waals surface area contributed by atoms with Gasteiger partial charge in [0.15, 0.2) is 0 Å². The van der Waals surface area contributed by atoms with Gasteiger partial charge >= 0.3 is 0 Å². The molecule has 0 bridgehead atoms. The van der Waals surface area contributed by atoms with E-state index in [4.69, 9.17) is 11.6 Å². The minimum Gasteiger partial charge on any atom is -0.376 e. The van der Waals surface area contributed by atoms with E-state index >= 15 is 0 Å². The monoisotopic (exact) mass is 794 g/mol. The van der Waals surface area contributed by atoms with Crippen LogP contribution in [0.4, 0.5) is 17.1 Å². The minimum atomic E-state index is -0.374. The van der Waals surface area contributed by atoms with Crippen LogP contribution in [0, 0.1) is 17.0 Å². The van der Waals surface area contributed by atoms with Crippen molar-refractivity contribution in [2.45, 2.75) is 35.7 Å². The molecule has 55 heavy (non-hydrogen) atoms. The third-order valence-electron chi connectivity index (χ3n) is 9.58. The van der Waals surface area contributed by atoms with Gasteiger partial charge in [-0.25, -0.2) is 0 Å². The molecular formula is C43H47ClN6O3S2. The van der Waals surface area contributed by atoms with E-state index in [0.717, 1.165) is 79.0 Å². The number of halogens is 1. The second-order valence-electron chi connectivity index (χ2n) is 14.0. The Morgan fingerprint density at radius 1 is 0.891 bits per heavy atom. The molecule has 0 aromatic heterocycles. The number of carbonyl (C=O) groups excluding carboxylic acids is 1. The molecule has 286 valence electrons. The van der Waals surface area contributed by atoms with Gasteiger partial charge in [0.1, 0.15) is 5.69 Å². The molecule has 5 aromatic rings. The van der Waals surface area contributed by atoms with Crippen LogP contribution in [0.3, 0.4) is 0 Å². The summed E-state index contributed by atoms with van der Waals surface area (Å²) in [6.45, 7) is 7.48. The van der Waals surface area contributed by atoms with Gasteiger partial charge in [-0.2, -0.15) is 0 Å². The summed E-state index contributed by atoms with van der Waals surface area (Å²) in [5.41, 5.74) is 7.00. The number of hydrogen-bond donors (Lipinski definition) is 2. The lowest BCUT2D eigenvalue weighted by Gasteiger charge is -2.36. The highest BCUT2D eigenvalue weighted by Gasteiger charge is 2.21. The number of carbonyl (C=O) groups is 1. The zero-order valence-corrected chi connectivity index (χ0v) is 33.8. The van der Waals surface area contributed by atoms with Crippen molar-refractivity contribution in [1.29, 1.82) is 0 Å². The lowest BCUT2D eigenvalue weighted by Crippen LogP contribution is -2.46. The summed E-state index contributed by atoms with van der Waals surface area (Å²) in [6, 6.07) is 37.5. The van der Waals surface area contributed by atoms with Crippen molar-refractivity contribution in [3.8, 4) is 11.1 Å². The van der Waals surface area contributed by atoms with Crippen molar-refractivity contribution >= 4 is 58.3 Å². The first kappa shape index (κ1) is 40.2. The molecule has 1 unspecified atom stereocenters. The fourth-order valence-electron chi connectivity index (χ4n) is 6.55. The van der Waals surface area contributed by atoms with Gasteiger partial charge in [-0.15, -0.1) is 11.8 Å². The molecule has 5 aromatic carbocycles. The molecule has 9 nitrogen and oxygen atoms in total. The zero-order chi connectivity index (χ0) is 38.7. The van der Waals surface area contributed by atoms with Gasteiger partial charge in [0, 0.05) is 76.6 Å². The highest BCUT2D eigenvalue weighted by Crippen LogP contribution is 2.32. The Morgan fingerprint density at radius 2 is 1.62 bits per heavy atom. The maximum atomic E-state index is 13.1. The predicted octanol–water partition coefficient (Wildman–Crippen LogP) is 9.51. The highest BCUT2D eigenvalue weighted by molar-refractivity contribution is 7.99. The number of rotatable bonds is 16. The maximum Gasteiger partial charge on any atom is 0.293 e. The van der Waals surface area contributed by atoms with Crippen molar-refractivity contribution in [3.05, 3.63) is 147 Å². The number of thioether (sulfide) groups is 1. The van der Waals surface area contributed by atoms with E-state index in [0.29, 0.717) is 16.1 Å². The summed E-state index contributed by atoms with van der Waals surface area (Å²) in [5, 5.41) is 16.3.